The van der Waals surface area contributed by atoms with Gasteiger partial charge in [-0.25, -0.2) is 4.98 Å². The molecule has 3 aromatic rings. The number of benzene rings is 1. The third kappa shape index (κ3) is 3.43. The van der Waals surface area contributed by atoms with Crippen LogP contribution >= 0.6 is 0 Å². The topological polar surface area (TPSA) is 108 Å². The Morgan fingerprint density at radius 3 is 2.91 bits per heavy atom. The lowest BCUT2D eigenvalue weighted by atomic mass is 10.2. The van der Waals surface area contributed by atoms with E-state index in [1.165, 1.54) is 10.9 Å². The molecule has 0 aliphatic rings. The highest BCUT2D eigenvalue weighted by molar-refractivity contribution is 6.04. The van der Waals surface area contributed by atoms with Crippen molar-refractivity contribution in [2.75, 3.05) is 5.32 Å². The monoisotopic (exact) mass is 310 g/mol. The Morgan fingerprint density at radius 2 is 2.17 bits per heavy atom. The summed E-state index contributed by atoms with van der Waals surface area (Å²) in [6, 6.07) is 7.14. The molecule has 0 aliphatic carbocycles. The van der Waals surface area contributed by atoms with Crippen molar-refractivity contribution in [2.24, 2.45) is 5.73 Å². The van der Waals surface area contributed by atoms with Gasteiger partial charge in [0.25, 0.3) is 5.91 Å². The van der Waals surface area contributed by atoms with E-state index in [0.717, 1.165) is 5.69 Å². The number of nitrogens with two attached hydrogens (primary N) is 1. The zero-order valence-corrected chi connectivity index (χ0v) is 12.1. The standard InChI is InChI=1S/C15H14N6O2/c16-14(22)9-21-8-12(7-18-21)19-15(23)11-2-1-3-13(6-11)20-5-4-17-10-20/h1-8,10H,9H2,(H2,16,22)(H,19,23). The minimum atomic E-state index is -0.501. The van der Waals surface area contributed by atoms with Gasteiger partial charge >= 0.3 is 0 Å². The van der Waals surface area contributed by atoms with Crippen molar-refractivity contribution >= 4 is 17.5 Å². The first-order valence-electron chi connectivity index (χ1n) is 6.82. The minimum absolute atomic E-state index is 0.0357. The maximum Gasteiger partial charge on any atom is 0.255 e. The van der Waals surface area contributed by atoms with Gasteiger partial charge in [0.2, 0.25) is 5.91 Å². The van der Waals surface area contributed by atoms with Crippen LogP contribution in [0.5, 0.6) is 0 Å². The molecule has 0 bridgehead atoms. The molecule has 116 valence electrons. The molecule has 0 atom stereocenters. The fraction of sp³-hybridized carbons (Fsp3) is 0.0667. The largest absolute Gasteiger partial charge is 0.368 e. The van der Waals surface area contributed by atoms with Crippen molar-refractivity contribution < 1.29 is 9.59 Å². The van der Waals surface area contributed by atoms with E-state index in [-0.39, 0.29) is 12.5 Å². The van der Waals surface area contributed by atoms with Crippen LogP contribution in [0.2, 0.25) is 0 Å². The van der Waals surface area contributed by atoms with E-state index < -0.39 is 5.91 Å². The number of hydrogen-bond acceptors (Lipinski definition) is 4. The third-order valence-corrected chi connectivity index (χ3v) is 3.12. The van der Waals surface area contributed by atoms with Crippen molar-refractivity contribution in [1.29, 1.82) is 0 Å². The van der Waals surface area contributed by atoms with Gasteiger partial charge < -0.3 is 15.6 Å². The highest BCUT2D eigenvalue weighted by Crippen LogP contribution is 2.13. The summed E-state index contributed by atoms with van der Waals surface area (Å²) in [6.45, 7) is -0.0357. The summed E-state index contributed by atoms with van der Waals surface area (Å²) < 4.78 is 3.17. The quantitative estimate of drug-likeness (QED) is 0.726. The minimum Gasteiger partial charge on any atom is -0.368 e. The maximum absolute atomic E-state index is 12.3. The molecule has 2 aromatic heterocycles. The summed E-state index contributed by atoms with van der Waals surface area (Å²) in [5.74, 6) is -0.774. The Kier molecular flexibility index (Phi) is 3.88. The van der Waals surface area contributed by atoms with Crippen LogP contribution in [-0.2, 0) is 11.3 Å². The molecule has 0 radical (unpaired) electrons. The molecule has 1 aromatic carbocycles. The van der Waals surface area contributed by atoms with Crippen LogP contribution in [0, 0.1) is 0 Å². The van der Waals surface area contributed by atoms with Crippen molar-refractivity contribution in [3.63, 3.8) is 0 Å². The highest BCUT2D eigenvalue weighted by atomic mass is 16.2. The molecule has 2 amide bonds. The SMILES string of the molecule is NC(=O)Cn1cc(NC(=O)c2cccc(-n3ccnc3)c2)cn1. The second-order valence-electron chi connectivity index (χ2n) is 4.87. The van der Waals surface area contributed by atoms with Crippen LogP contribution in [-0.4, -0.2) is 31.1 Å². The molecular formula is C15H14N6O2. The molecule has 0 fully saturated rings. The van der Waals surface area contributed by atoms with Crippen LogP contribution in [0.1, 0.15) is 10.4 Å². The first-order valence-corrected chi connectivity index (χ1v) is 6.82. The van der Waals surface area contributed by atoms with E-state index in [2.05, 4.69) is 15.4 Å². The molecule has 0 unspecified atom stereocenters. The van der Waals surface area contributed by atoms with E-state index in [1.807, 2.05) is 10.6 Å². The molecule has 0 saturated carbocycles. The first kappa shape index (κ1) is 14.5. The molecule has 8 nitrogen and oxygen atoms in total. The Hall–Kier alpha value is -3.42. The van der Waals surface area contributed by atoms with Crippen molar-refractivity contribution in [3.05, 3.63) is 60.9 Å². The van der Waals surface area contributed by atoms with Crippen molar-refractivity contribution in [3.8, 4) is 5.69 Å². The summed E-state index contributed by atoms with van der Waals surface area (Å²) in [7, 11) is 0. The Balaban J connectivity index is 1.74. The number of rotatable bonds is 5. The van der Waals surface area contributed by atoms with Crippen LogP contribution in [0.4, 0.5) is 5.69 Å². The number of anilines is 1. The molecule has 2 heterocycles. The van der Waals surface area contributed by atoms with E-state index in [1.54, 1.807) is 43.1 Å². The summed E-state index contributed by atoms with van der Waals surface area (Å²) >= 11 is 0. The first-order chi connectivity index (χ1) is 11.1. The van der Waals surface area contributed by atoms with Gasteiger partial charge in [0.1, 0.15) is 6.54 Å². The number of hydrogen-bond donors (Lipinski definition) is 2. The Bertz CT molecular complexity index is 837. The van der Waals surface area contributed by atoms with E-state index in [9.17, 15) is 9.59 Å². The average molecular weight is 310 g/mol. The molecule has 0 aliphatic heterocycles. The second kappa shape index (κ2) is 6.14. The molecule has 8 heteroatoms. The highest BCUT2D eigenvalue weighted by Gasteiger charge is 2.09. The van der Waals surface area contributed by atoms with Gasteiger partial charge in [-0.2, -0.15) is 5.10 Å². The van der Waals surface area contributed by atoms with E-state index >= 15 is 0 Å². The number of aromatic nitrogens is 4. The lowest BCUT2D eigenvalue weighted by molar-refractivity contribution is -0.118. The molecule has 23 heavy (non-hydrogen) atoms. The van der Waals surface area contributed by atoms with Crippen molar-refractivity contribution in [1.82, 2.24) is 19.3 Å². The molecule has 0 spiro atoms. The molecule has 0 saturated heterocycles. The number of carbonyl (C=O) groups is 2. The summed E-state index contributed by atoms with van der Waals surface area (Å²) in [5, 5.41) is 6.68. The van der Waals surface area contributed by atoms with Gasteiger partial charge in [-0.3, -0.25) is 14.3 Å². The van der Waals surface area contributed by atoms with Crippen LogP contribution in [0.15, 0.2) is 55.4 Å². The predicted molar refractivity (Wildman–Crippen MR) is 82.9 cm³/mol. The summed E-state index contributed by atoms with van der Waals surface area (Å²) in [5.41, 5.74) is 6.92. The van der Waals surface area contributed by atoms with Gasteiger partial charge in [-0.05, 0) is 18.2 Å². The fourth-order valence-corrected chi connectivity index (χ4v) is 2.10. The number of primary amides is 1. The Morgan fingerprint density at radius 1 is 1.30 bits per heavy atom. The van der Waals surface area contributed by atoms with E-state index in [0.29, 0.717) is 11.3 Å². The summed E-state index contributed by atoms with van der Waals surface area (Å²) in [4.78, 5) is 27.1. The van der Waals surface area contributed by atoms with Gasteiger partial charge in [0, 0.05) is 29.8 Å². The normalized spacial score (nSPS) is 10.4. The van der Waals surface area contributed by atoms with Gasteiger partial charge in [-0.15, -0.1) is 0 Å². The number of nitrogens with zero attached hydrogens (tertiary/aromatic N) is 4. The van der Waals surface area contributed by atoms with Crippen LogP contribution in [0.3, 0.4) is 0 Å². The smallest absolute Gasteiger partial charge is 0.255 e. The van der Waals surface area contributed by atoms with Crippen LogP contribution in [0.25, 0.3) is 5.69 Å². The zero-order valence-electron chi connectivity index (χ0n) is 12.1. The summed E-state index contributed by atoms with van der Waals surface area (Å²) in [6.07, 6.45) is 8.12. The predicted octanol–water partition coefficient (Wildman–Crippen LogP) is 0.806. The lowest BCUT2D eigenvalue weighted by Gasteiger charge is -2.06. The number of imidazole rings is 1. The Labute approximate surface area is 131 Å². The number of amides is 2. The number of nitrogens with one attached hydrogen (secondary N) is 1. The molecular weight excluding hydrogens is 296 g/mol. The average Bonchev–Trinajstić information content (AvgIpc) is 3.19. The zero-order chi connectivity index (χ0) is 16.2. The van der Waals surface area contributed by atoms with Gasteiger partial charge in [0.15, 0.2) is 0 Å². The number of carbonyl (C=O) groups excluding carboxylic acids is 2. The van der Waals surface area contributed by atoms with Crippen LogP contribution < -0.4 is 11.1 Å². The molecule has 3 N–H and O–H groups in total. The molecule has 3 rings (SSSR count). The van der Waals surface area contributed by atoms with E-state index in [4.69, 9.17) is 5.73 Å². The van der Waals surface area contributed by atoms with Crippen molar-refractivity contribution in [2.45, 2.75) is 6.54 Å². The second-order valence-corrected chi connectivity index (χ2v) is 4.87. The maximum atomic E-state index is 12.3. The van der Waals surface area contributed by atoms with Gasteiger partial charge in [0.05, 0.1) is 18.2 Å². The third-order valence-electron chi connectivity index (χ3n) is 3.12. The van der Waals surface area contributed by atoms with Gasteiger partial charge in [-0.1, -0.05) is 6.07 Å². The fourth-order valence-electron chi connectivity index (χ4n) is 2.10. The lowest BCUT2D eigenvalue weighted by Crippen LogP contribution is -2.18.